The molecule has 0 fully saturated rings. The number of aromatic hydroxyl groups is 1. The number of rotatable bonds is 3. The topological polar surface area (TPSA) is 83.6 Å². The van der Waals surface area contributed by atoms with Crippen molar-refractivity contribution in [3.63, 3.8) is 0 Å². The highest BCUT2D eigenvalue weighted by atomic mass is 35.5. The Morgan fingerprint density at radius 1 is 1.15 bits per heavy atom. The van der Waals surface area contributed by atoms with Crippen molar-refractivity contribution in [2.75, 3.05) is 17.1 Å². The monoisotopic (exact) mass is 312 g/mol. The Kier molecular flexibility index (Phi) is 3.78. The summed E-state index contributed by atoms with van der Waals surface area (Å²) in [7, 11) is -2.38. The van der Waals surface area contributed by atoms with Gasteiger partial charge in [0.2, 0.25) is 0 Å². The minimum absolute atomic E-state index is 0.0241. The van der Waals surface area contributed by atoms with Crippen LogP contribution in [0, 0.1) is 0 Å². The Labute approximate surface area is 122 Å². The molecule has 0 aliphatic heterocycles. The maximum absolute atomic E-state index is 12.5. The van der Waals surface area contributed by atoms with E-state index in [9.17, 15) is 13.5 Å². The van der Waals surface area contributed by atoms with Crippen LogP contribution >= 0.6 is 11.6 Å². The summed E-state index contributed by atoms with van der Waals surface area (Å²) in [5.74, 6) is 0.0602. The van der Waals surface area contributed by atoms with Crippen LogP contribution in [0.4, 0.5) is 11.4 Å². The fourth-order valence-electron chi connectivity index (χ4n) is 1.68. The summed E-state index contributed by atoms with van der Waals surface area (Å²) in [5, 5.41) is 9.30. The number of phenols is 1. The normalized spacial score (nSPS) is 11.3. The van der Waals surface area contributed by atoms with Crippen LogP contribution in [-0.4, -0.2) is 20.6 Å². The molecule has 0 aliphatic rings. The minimum atomic E-state index is -3.79. The highest BCUT2D eigenvalue weighted by Gasteiger charge is 2.24. The molecule has 0 saturated heterocycles. The fourth-order valence-corrected chi connectivity index (χ4v) is 3.40. The van der Waals surface area contributed by atoms with Gasteiger partial charge >= 0.3 is 0 Å². The van der Waals surface area contributed by atoms with Crippen molar-refractivity contribution in [3.05, 3.63) is 47.5 Å². The van der Waals surface area contributed by atoms with Gasteiger partial charge in [0, 0.05) is 12.7 Å². The molecule has 5 nitrogen and oxygen atoms in total. The average molecular weight is 313 g/mol. The van der Waals surface area contributed by atoms with Crippen molar-refractivity contribution in [1.82, 2.24) is 0 Å². The third kappa shape index (κ3) is 2.66. The summed E-state index contributed by atoms with van der Waals surface area (Å²) >= 11 is 5.94. The first kappa shape index (κ1) is 14.5. The highest BCUT2D eigenvalue weighted by Crippen LogP contribution is 2.29. The Hall–Kier alpha value is -1.92. The molecule has 0 unspecified atom stereocenters. The first-order valence-electron chi connectivity index (χ1n) is 5.65. The van der Waals surface area contributed by atoms with E-state index in [0.29, 0.717) is 11.4 Å². The van der Waals surface area contributed by atoms with Gasteiger partial charge in [-0.1, -0.05) is 11.6 Å². The van der Waals surface area contributed by atoms with Crippen LogP contribution in [0.3, 0.4) is 0 Å². The van der Waals surface area contributed by atoms with Crippen LogP contribution in [0.1, 0.15) is 0 Å². The average Bonchev–Trinajstić information content (AvgIpc) is 2.38. The molecule has 106 valence electrons. The van der Waals surface area contributed by atoms with Crippen LogP contribution in [-0.2, 0) is 10.0 Å². The van der Waals surface area contributed by atoms with E-state index in [1.165, 1.54) is 49.5 Å². The first-order valence-corrected chi connectivity index (χ1v) is 7.47. The van der Waals surface area contributed by atoms with E-state index in [1.54, 1.807) is 0 Å². The molecule has 0 amide bonds. The van der Waals surface area contributed by atoms with Gasteiger partial charge in [-0.25, -0.2) is 8.42 Å². The van der Waals surface area contributed by atoms with Crippen molar-refractivity contribution in [1.29, 1.82) is 0 Å². The van der Waals surface area contributed by atoms with Crippen LogP contribution in [0.2, 0.25) is 5.02 Å². The number of benzene rings is 2. The molecule has 2 aromatic carbocycles. The third-order valence-electron chi connectivity index (χ3n) is 2.81. The molecular formula is C13H13ClN2O3S. The van der Waals surface area contributed by atoms with Crippen LogP contribution in [0.5, 0.6) is 5.75 Å². The molecule has 20 heavy (non-hydrogen) atoms. The highest BCUT2D eigenvalue weighted by molar-refractivity contribution is 7.93. The zero-order valence-corrected chi connectivity index (χ0v) is 12.2. The van der Waals surface area contributed by atoms with Gasteiger partial charge in [0.15, 0.2) is 0 Å². The lowest BCUT2D eigenvalue weighted by atomic mass is 10.3. The van der Waals surface area contributed by atoms with Crippen molar-refractivity contribution >= 4 is 33.0 Å². The number of phenolic OH excluding ortho intramolecular Hbond substituents is 1. The Morgan fingerprint density at radius 3 is 2.30 bits per heavy atom. The predicted molar refractivity (Wildman–Crippen MR) is 79.6 cm³/mol. The summed E-state index contributed by atoms with van der Waals surface area (Å²) in [4.78, 5) is -0.0241. The number of anilines is 2. The maximum Gasteiger partial charge on any atom is 0.265 e. The SMILES string of the molecule is CN(c1ccc(O)cc1)S(=O)(=O)c1ccc(N)cc1Cl. The second-order valence-corrected chi connectivity index (χ2v) is 6.52. The molecule has 2 rings (SSSR count). The second kappa shape index (κ2) is 5.22. The smallest absolute Gasteiger partial charge is 0.265 e. The zero-order chi connectivity index (χ0) is 14.9. The molecule has 7 heteroatoms. The van der Waals surface area contributed by atoms with Gasteiger partial charge in [-0.05, 0) is 42.5 Å². The lowest BCUT2D eigenvalue weighted by Gasteiger charge is -2.20. The molecule has 0 heterocycles. The lowest BCUT2D eigenvalue weighted by Crippen LogP contribution is -2.26. The number of nitrogens with zero attached hydrogens (tertiary/aromatic N) is 1. The lowest BCUT2D eigenvalue weighted by molar-refractivity contribution is 0.475. The summed E-state index contributed by atoms with van der Waals surface area (Å²) in [6.07, 6.45) is 0. The fraction of sp³-hybridized carbons (Fsp3) is 0.0769. The van der Waals surface area contributed by atoms with Gasteiger partial charge in [-0.2, -0.15) is 0 Å². The quantitative estimate of drug-likeness (QED) is 0.853. The van der Waals surface area contributed by atoms with Gasteiger partial charge < -0.3 is 10.8 Å². The van der Waals surface area contributed by atoms with E-state index >= 15 is 0 Å². The summed E-state index contributed by atoms with van der Waals surface area (Å²) < 4.78 is 26.1. The van der Waals surface area contributed by atoms with Crippen molar-refractivity contribution < 1.29 is 13.5 Å². The number of halogens is 1. The van der Waals surface area contributed by atoms with Gasteiger partial charge in [0.25, 0.3) is 10.0 Å². The van der Waals surface area contributed by atoms with Gasteiger partial charge in [-0.15, -0.1) is 0 Å². The number of sulfonamides is 1. The van der Waals surface area contributed by atoms with E-state index < -0.39 is 10.0 Å². The molecule has 0 saturated carbocycles. The van der Waals surface area contributed by atoms with Crippen LogP contribution in [0.15, 0.2) is 47.4 Å². The molecule has 0 radical (unpaired) electrons. The van der Waals surface area contributed by atoms with E-state index in [4.69, 9.17) is 17.3 Å². The van der Waals surface area contributed by atoms with E-state index in [2.05, 4.69) is 0 Å². The molecular weight excluding hydrogens is 300 g/mol. The Morgan fingerprint density at radius 2 is 1.75 bits per heavy atom. The standard InChI is InChI=1S/C13H13ClN2O3S/c1-16(10-3-5-11(17)6-4-10)20(18,19)13-7-2-9(15)8-12(13)14/h2-8,17H,15H2,1H3. The van der Waals surface area contributed by atoms with Crippen LogP contribution < -0.4 is 10.0 Å². The predicted octanol–water partition coefficient (Wildman–Crippen LogP) is 2.45. The van der Waals surface area contributed by atoms with Gasteiger partial charge in [-0.3, -0.25) is 4.31 Å². The number of nitrogen functional groups attached to an aromatic ring is 1. The molecule has 0 spiro atoms. The van der Waals surface area contributed by atoms with E-state index in [1.807, 2.05) is 0 Å². The molecule has 0 atom stereocenters. The van der Waals surface area contributed by atoms with Crippen molar-refractivity contribution in [3.8, 4) is 5.75 Å². The Bertz CT molecular complexity index is 730. The zero-order valence-electron chi connectivity index (χ0n) is 10.6. The molecule has 2 aromatic rings. The molecule has 0 aliphatic carbocycles. The molecule has 3 N–H and O–H groups in total. The van der Waals surface area contributed by atoms with Gasteiger partial charge in [0.05, 0.1) is 10.7 Å². The van der Waals surface area contributed by atoms with Crippen molar-refractivity contribution in [2.24, 2.45) is 0 Å². The second-order valence-electron chi connectivity index (χ2n) is 4.18. The Balaban J connectivity index is 2.46. The number of nitrogens with two attached hydrogens (primary N) is 1. The van der Waals surface area contributed by atoms with E-state index in [-0.39, 0.29) is 15.7 Å². The largest absolute Gasteiger partial charge is 0.508 e. The summed E-state index contributed by atoms with van der Waals surface area (Å²) in [6.45, 7) is 0. The maximum atomic E-state index is 12.5. The third-order valence-corrected chi connectivity index (χ3v) is 5.08. The molecule has 0 bridgehead atoms. The molecule has 0 aromatic heterocycles. The summed E-state index contributed by atoms with van der Waals surface area (Å²) in [6, 6.07) is 10.0. The minimum Gasteiger partial charge on any atom is -0.508 e. The van der Waals surface area contributed by atoms with E-state index in [0.717, 1.165) is 4.31 Å². The number of hydrogen-bond donors (Lipinski definition) is 2. The first-order chi connectivity index (χ1) is 9.32. The summed E-state index contributed by atoms with van der Waals surface area (Å²) in [5.41, 5.74) is 6.36. The van der Waals surface area contributed by atoms with Crippen molar-refractivity contribution in [2.45, 2.75) is 4.90 Å². The van der Waals surface area contributed by atoms with Gasteiger partial charge in [0.1, 0.15) is 10.6 Å². The van der Waals surface area contributed by atoms with Crippen LogP contribution in [0.25, 0.3) is 0 Å². The number of hydrogen-bond acceptors (Lipinski definition) is 4.